The number of rotatable bonds is 30. The highest BCUT2D eigenvalue weighted by atomic mass is 16.6. The SMILES string of the molecule is CC/C=C/C/C=C/C/C=C/C/C=C/CCCCCC(=O)OCC(COCCC(C(=O)O)[N+](C)(C)C)OC(=O)CC/C=C/CCCCC. The highest BCUT2D eigenvalue weighted by Gasteiger charge is 2.31. The Morgan fingerprint density at radius 2 is 1.23 bits per heavy atom. The van der Waals surface area contributed by atoms with Gasteiger partial charge in [0.2, 0.25) is 0 Å². The summed E-state index contributed by atoms with van der Waals surface area (Å²) < 4.78 is 17.0. The number of allylic oxidation sites excluding steroid dienone is 10. The lowest BCUT2D eigenvalue weighted by atomic mass is 10.1. The Labute approximate surface area is 286 Å². The van der Waals surface area contributed by atoms with Gasteiger partial charge in [-0.2, -0.15) is 0 Å². The van der Waals surface area contributed by atoms with E-state index in [0.717, 1.165) is 64.2 Å². The molecule has 0 aromatic carbocycles. The summed E-state index contributed by atoms with van der Waals surface area (Å²) in [6, 6.07) is -0.624. The zero-order valence-electron chi connectivity index (χ0n) is 30.2. The van der Waals surface area contributed by atoms with Gasteiger partial charge in [-0.3, -0.25) is 9.59 Å². The molecule has 2 atom stereocenters. The van der Waals surface area contributed by atoms with Crippen molar-refractivity contribution < 1.29 is 38.2 Å². The van der Waals surface area contributed by atoms with Gasteiger partial charge < -0.3 is 23.8 Å². The minimum Gasteiger partial charge on any atom is -0.477 e. The molecule has 0 spiro atoms. The van der Waals surface area contributed by atoms with Gasteiger partial charge in [-0.05, 0) is 64.2 Å². The molecule has 0 rings (SSSR count). The van der Waals surface area contributed by atoms with Crippen LogP contribution in [0.2, 0.25) is 0 Å². The minimum absolute atomic E-state index is 0.0320. The molecular weight excluding hydrogens is 594 g/mol. The molecule has 0 aliphatic rings. The number of aliphatic carboxylic acids is 1. The Morgan fingerprint density at radius 1 is 0.660 bits per heavy atom. The van der Waals surface area contributed by atoms with Crippen molar-refractivity contribution in [2.24, 2.45) is 0 Å². The molecule has 2 unspecified atom stereocenters. The van der Waals surface area contributed by atoms with Gasteiger partial charge in [0.15, 0.2) is 12.1 Å². The summed E-state index contributed by atoms with van der Waals surface area (Å²) in [7, 11) is 5.47. The number of carboxylic acid groups (broad SMARTS) is 1. The van der Waals surface area contributed by atoms with E-state index in [1.54, 1.807) is 0 Å². The number of hydrogen-bond donors (Lipinski definition) is 1. The van der Waals surface area contributed by atoms with Crippen LogP contribution in [0.15, 0.2) is 60.8 Å². The van der Waals surface area contributed by atoms with E-state index in [1.165, 1.54) is 12.8 Å². The molecule has 0 aliphatic heterocycles. The van der Waals surface area contributed by atoms with Crippen molar-refractivity contribution in [3.63, 3.8) is 0 Å². The van der Waals surface area contributed by atoms with Crippen molar-refractivity contribution >= 4 is 17.9 Å². The number of carbonyl (C=O) groups excluding carboxylic acids is 2. The first-order chi connectivity index (χ1) is 22.6. The van der Waals surface area contributed by atoms with Crippen molar-refractivity contribution in [2.75, 3.05) is 41.0 Å². The van der Waals surface area contributed by atoms with Crippen LogP contribution in [-0.2, 0) is 28.6 Å². The molecule has 0 aromatic heterocycles. The lowest BCUT2D eigenvalue weighted by molar-refractivity contribution is -0.887. The molecule has 8 nitrogen and oxygen atoms in total. The molecule has 0 radical (unpaired) electrons. The van der Waals surface area contributed by atoms with Gasteiger partial charge >= 0.3 is 17.9 Å². The van der Waals surface area contributed by atoms with Gasteiger partial charge in [0.25, 0.3) is 0 Å². The largest absolute Gasteiger partial charge is 0.477 e. The molecule has 0 saturated heterocycles. The molecule has 0 saturated carbocycles. The number of nitrogens with zero attached hydrogens (tertiary/aromatic N) is 1. The zero-order chi connectivity index (χ0) is 35.0. The molecule has 0 aromatic rings. The number of carbonyl (C=O) groups is 3. The first-order valence-corrected chi connectivity index (χ1v) is 17.8. The van der Waals surface area contributed by atoms with Crippen LogP contribution in [-0.4, -0.2) is 80.6 Å². The van der Waals surface area contributed by atoms with Crippen LogP contribution in [0.1, 0.15) is 117 Å². The van der Waals surface area contributed by atoms with E-state index in [9.17, 15) is 19.5 Å². The maximum absolute atomic E-state index is 12.5. The van der Waals surface area contributed by atoms with Gasteiger partial charge in [0, 0.05) is 19.3 Å². The Hall–Kier alpha value is -2.97. The quantitative estimate of drug-likeness (QED) is 0.0356. The summed E-state index contributed by atoms with van der Waals surface area (Å²) in [4.78, 5) is 36.5. The number of quaternary nitrogens is 1. The number of hydrogen-bond acceptors (Lipinski definition) is 6. The average molecular weight is 661 g/mol. The molecule has 268 valence electrons. The lowest BCUT2D eigenvalue weighted by Crippen LogP contribution is -2.50. The van der Waals surface area contributed by atoms with E-state index >= 15 is 0 Å². The Balaban J connectivity index is 4.47. The Bertz CT molecular complexity index is 959. The number of unbranched alkanes of at least 4 members (excludes halogenated alkanes) is 6. The smallest absolute Gasteiger partial charge is 0.362 e. The summed E-state index contributed by atoms with van der Waals surface area (Å²) in [6.45, 7) is 4.44. The third kappa shape index (κ3) is 28.9. The first-order valence-electron chi connectivity index (χ1n) is 17.8. The maximum atomic E-state index is 12.5. The molecule has 0 fully saturated rings. The van der Waals surface area contributed by atoms with E-state index < -0.39 is 18.1 Å². The van der Waals surface area contributed by atoms with Gasteiger partial charge in [-0.25, -0.2) is 4.79 Å². The van der Waals surface area contributed by atoms with Crippen molar-refractivity contribution in [2.45, 2.75) is 129 Å². The van der Waals surface area contributed by atoms with Crippen molar-refractivity contribution in [1.82, 2.24) is 0 Å². The monoisotopic (exact) mass is 660 g/mol. The van der Waals surface area contributed by atoms with E-state index in [0.29, 0.717) is 19.3 Å². The van der Waals surface area contributed by atoms with Crippen LogP contribution in [0.25, 0.3) is 0 Å². The van der Waals surface area contributed by atoms with Crippen molar-refractivity contribution in [3.8, 4) is 0 Å². The van der Waals surface area contributed by atoms with Gasteiger partial charge in [-0.1, -0.05) is 93.9 Å². The first kappa shape index (κ1) is 44.0. The number of ether oxygens (including phenoxy) is 3. The second-order valence-corrected chi connectivity index (χ2v) is 12.7. The summed E-state index contributed by atoms with van der Waals surface area (Å²) in [6.07, 6.45) is 34.4. The maximum Gasteiger partial charge on any atom is 0.362 e. The lowest BCUT2D eigenvalue weighted by Gasteiger charge is -2.31. The molecule has 47 heavy (non-hydrogen) atoms. The van der Waals surface area contributed by atoms with Gasteiger partial charge in [0.1, 0.15) is 6.61 Å². The molecule has 0 amide bonds. The normalized spacial score (nSPS) is 13.8. The topological polar surface area (TPSA) is 99.1 Å². The molecule has 0 bridgehead atoms. The van der Waals surface area contributed by atoms with Crippen LogP contribution in [0.3, 0.4) is 0 Å². The van der Waals surface area contributed by atoms with Crippen LogP contribution >= 0.6 is 0 Å². The molecule has 8 heteroatoms. The third-order valence-corrected chi connectivity index (χ3v) is 7.41. The zero-order valence-corrected chi connectivity index (χ0v) is 30.2. The predicted molar refractivity (Wildman–Crippen MR) is 192 cm³/mol. The molecule has 0 aliphatic carbocycles. The van der Waals surface area contributed by atoms with E-state index in [2.05, 4.69) is 68.5 Å². The average Bonchev–Trinajstić information content (AvgIpc) is 3.01. The van der Waals surface area contributed by atoms with Gasteiger partial charge in [0.05, 0.1) is 34.4 Å². The van der Waals surface area contributed by atoms with E-state index in [-0.39, 0.29) is 42.7 Å². The second kappa shape index (κ2) is 30.4. The van der Waals surface area contributed by atoms with Gasteiger partial charge in [-0.15, -0.1) is 0 Å². The Kier molecular flexibility index (Phi) is 28.4. The Morgan fingerprint density at radius 3 is 1.83 bits per heavy atom. The summed E-state index contributed by atoms with van der Waals surface area (Å²) >= 11 is 0. The summed E-state index contributed by atoms with van der Waals surface area (Å²) in [5.41, 5.74) is 0. The minimum atomic E-state index is -0.890. The number of carboxylic acids is 1. The fourth-order valence-corrected chi connectivity index (χ4v) is 4.63. The van der Waals surface area contributed by atoms with Crippen LogP contribution < -0.4 is 0 Å². The van der Waals surface area contributed by atoms with Crippen LogP contribution in [0.5, 0.6) is 0 Å². The van der Waals surface area contributed by atoms with E-state index in [4.69, 9.17) is 14.2 Å². The highest BCUT2D eigenvalue weighted by Crippen LogP contribution is 2.11. The molecular formula is C39H66NO7+. The van der Waals surface area contributed by atoms with Crippen molar-refractivity contribution in [1.29, 1.82) is 0 Å². The molecule has 1 N–H and O–H groups in total. The number of esters is 2. The summed E-state index contributed by atoms with van der Waals surface area (Å²) in [5, 5.41) is 9.54. The second-order valence-electron chi connectivity index (χ2n) is 12.7. The fraction of sp³-hybridized carbons (Fsp3) is 0.667. The van der Waals surface area contributed by atoms with Crippen LogP contribution in [0, 0.1) is 0 Å². The standard InChI is InChI=1S/C39H65NO7/c1-6-8-10-12-14-15-16-17-18-19-20-21-22-24-25-27-29-37(41)46-34-35(33-45-32-31-36(39(43)44)40(3,4)5)47-38(42)30-28-26-23-13-11-9-7-2/h8,10,14-15,17-18,20-21,23,26,35-36H,6-7,9,11-13,16,19,22,24-25,27-34H2,1-5H3/p+1/b10-8+,15-14+,18-17+,21-20+,26-23+. The highest BCUT2D eigenvalue weighted by molar-refractivity contribution is 5.72. The molecule has 0 heterocycles. The summed E-state index contributed by atoms with van der Waals surface area (Å²) in [5.74, 6) is -1.59. The fourth-order valence-electron chi connectivity index (χ4n) is 4.63. The predicted octanol–water partition coefficient (Wildman–Crippen LogP) is 8.68. The van der Waals surface area contributed by atoms with E-state index in [1.807, 2.05) is 27.2 Å². The van der Waals surface area contributed by atoms with Crippen LogP contribution in [0.4, 0.5) is 0 Å². The third-order valence-electron chi connectivity index (χ3n) is 7.41. The number of likely N-dealkylation sites (N-methyl/N-ethyl adjacent to an activating group) is 1. The van der Waals surface area contributed by atoms with Crippen molar-refractivity contribution in [3.05, 3.63) is 60.8 Å².